The lowest BCUT2D eigenvalue weighted by atomic mass is 10.1. The molecule has 0 radical (unpaired) electrons. The van der Waals surface area contributed by atoms with E-state index in [0.717, 1.165) is 0 Å². The van der Waals surface area contributed by atoms with Crippen LogP contribution in [0.15, 0.2) is 12.2 Å². The minimum absolute atomic E-state index is 0.00319. The Hall–Kier alpha value is -0.830. The molecule has 0 saturated heterocycles. The van der Waals surface area contributed by atoms with Gasteiger partial charge in [-0.15, -0.1) is 0 Å². The summed E-state index contributed by atoms with van der Waals surface area (Å²) in [6, 6.07) is -0.352. The van der Waals surface area contributed by atoms with Gasteiger partial charge < -0.3 is 10.8 Å². The van der Waals surface area contributed by atoms with Crippen LogP contribution in [-0.4, -0.2) is 17.1 Å². The second-order valence-electron chi connectivity index (χ2n) is 2.89. The SMILES string of the molecule is CC(C)/C=C/C(N)CC(=O)O. The maximum atomic E-state index is 10.1. The van der Waals surface area contributed by atoms with E-state index in [-0.39, 0.29) is 12.5 Å². The fourth-order valence-corrected chi connectivity index (χ4v) is 0.635. The van der Waals surface area contributed by atoms with Gasteiger partial charge in [-0.25, -0.2) is 0 Å². The molecule has 1 atom stereocenters. The van der Waals surface area contributed by atoms with Gasteiger partial charge in [-0.1, -0.05) is 26.0 Å². The highest BCUT2D eigenvalue weighted by Gasteiger charge is 2.02. The maximum Gasteiger partial charge on any atom is 0.305 e. The number of carbonyl (C=O) groups is 1. The van der Waals surface area contributed by atoms with Gasteiger partial charge in [0.05, 0.1) is 6.42 Å². The van der Waals surface area contributed by atoms with Crippen molar-refractivity contribution in [3.63, 3.8) is 0 Å². The van der Waals surface area contributed by atoms with Crippen LogP contribution in [0.1, 0.15) is 20.3 Å². The average Bonchev–Trinajstić information content (AvgIpc) is 1.82. The second-order valence-corrected chi connectivity index (χ2v) is 2.89. The van der Waals surface area contributed by atoms with Crippen molar-refractivity contribution >= 4 is 5.97 Å². The zero-order valence-corrected chi connectivity index (χ0v) is 6.95. The Labute approximate surface area is 66.9 Å². The first kappa shape index (κ1) is 10.2. The predicted octanol–water partition coefficient (Wildman–Crippen LogP) is 1.00. The Morgan fingerprint density at radius 2 is 2.09 bits per heavy atom. The highest BCUT2D eigenvalue weighted by molar-refractivity contribution is 5.67. The first-order valence-corrected chi connectivity index (χ1v) is 3.68. The molecular weight excluding hydrogens is 142 g/mol. The summed E-state index contributed by atoms with van der Waals surface area (Å²) >= 11 is 0. The van der Waals surface area contributed by atoms with Gasteiger partial charge in [-0.3, -0.25) is 4.79 Å². The Morgan fingerprint density at radius 3 is 2.45 bits per heavy atom. The topological polar surface area (TPSA) is 63.3 Å². The Kier molecular flexibility index (Phi) is 4.54. The van der Waals surface area contributed by atoms with Crippen LogP contribution >= 0.6 is 0 Å². The van der Waals surface area contributed by atoms with Crippen LogP contribution in [-0.2, 0) is 4.79 Å². The van der Waals surface area contributed by atoms with Crippen molar-refractivity contribution < 1.29 is 9.90 Å². The van der Waals surface area contributed by atoms with E-state index in [0.29, 0.717) is 5.92 Å². The Morgan fingerprint density at radius 1 is 1.55 bits per heavy atom. The lowest BCUT2D eigenvalue weighted by molar-refractivity contribution is -0.137. The maximum absolute atomic E-state index is 10.1. The van der Waals surface area contributed by atoms with E-state index in [1.807, 2.05) is 19.9 Å². The van der Waals surface area contributed by atoms with Crippen molar-refractivity contribution in [3.8, 4) is 0 Å². The number of aliphatic carboxylic acids is 1. The van der Waals surface area contributed by atoms with Crippen LogP contribution < -0.4 is 5.73 Å². The van der Waals surface area contributed by atoms with Crippen LogP contribution in [0.2, 0.25) is 0 Å². The molecule has 0 aromatic carbocycles. The normalized spacial score (nSPS) is 14.2. The van der Waals surface area contributed by atoms with Crippen molar-refractivity contribution in [3.05, 3.63) is 12.2 Å². The zero-order chi connectivity index (χ0) is 8.85. The van der Waals surface area contributed by atoms with Crippen LogP contribution in [0.25, 0.3) is 0 Å². The Balaban J connectivity index is 3.68. The quantitative estimate of drug-likeness (QED) is 0.598. The van der Waals surface area contributed by atoms with E-state index in [1.54, 1.807) is 6.08 Å². The number of nitrogens with two attached hydrogens (primary N) is 1. The molecule has 64 valence electrons. The molecule has 0 saturated carbocycles. The summed E-state index contributed by atoms with van der Waals surface area (Å²) in [6.45, 7) is 4.04. The molecule has 3 N–H and O–H groups in total. The van der Waals surface area contributed by atoms with Crippen LogP contribution in [0.5, 0.6) is 0 Å². The number of carboxylic acids is 1. The summed E-state index contributed by atoms with van der Waals surface area (Å²) in [5.41, 5.74) is 5.46. The van der Waals surface area contributed by atoms with Gasteiger partial charge in [0.25, 0.3) is 0 Å². The highest BCUT2D eigenvalue weighted by atomic mass is 16.4. The van der Waals surface area contributed by atoms with E-state index in [2.05, 4.69) is 0 Å². The van der Waals surface area contributed by atoms with Gasteiger partial charge in [0.2, 0.25) is 0 Å². The standard InChI is InChI=1S/C8H15NO2/c1-6(2)3-4-7(9)5-8(10)11/h3-4,6-7H,5,9H2,1-2H3,(H,10,11)/b4-3+. The van der Waals surface area contributed by atoms with Gasteiger partial charge in [0.1, 0.15) is 0 Å². The molecule has 0 aliphatic heterocycles. The number of allylic oxidation sites excluding steroid dienone is 1. The molecule has 3 nitrogen and oxygen atoms in total. The first-order valence-electron chi connectivity index (χ1n) is 3.68. The number of hydrogen-bond donors (Lipinski definition) is 2. The van der Waals surface area contributed by atoms with E-state index in [4.69, 9.17) is 10.8 Å². The zero-order valence-electron chi connectivity index (χ0n) is 6.95. The third kappa shape index (κ3) is 7.06. The molecular formula is C8H15NO2. The van der Waals surface area contributed by atoms with Gasteiger partial charge in [0, 0.05) is 6.04 Å². The molecule has 0 amide bonds. The molecule has 0 bridgehead atoms. The van der Waals surface area contributed by atoms with Crippen molar-refractivity contribution in [2.24, 2.45) is 11.7 Å². The highest BCUT2D eigenvalue weighted by Crippen LogP contribution is 1.97. The molecule has 0 heterocycles. The Bertz CT molecular complexity index is 152. The summed E-state index contributed by atoms with van der Waals surface area (Å²) in [4.78, 5) is 10.1. The van der Waals surface area contributed by atoms with E-state index in [1.165, 1.54) is 0 Å². The third-order valence-electron chi connectivity index (χ3n) is 1.15. The smallest absolute Gasteiger partial charge is 0.305 e. The van der Waals surface area contributed by atoms with Gasteiger partial charge in [-0.2, -0.15) is 0 Å². The van der Waals surface area contributed by atoms with Gasteiger partial charge in [-0.05, 0) is 5.92 Å². The van der Waals surface area contributed by atoms with Crippen LogP contribution in [0.4, 0.5) is 0 Å². The summed E-state index contributed by atoms with van der Waals surface area (Å²) in [5, 5.41) is 8.34. The minimum Gasteiger partial charge on any atom is -0.481 e. The molecule has 0 aromatic heterocycles. The summed E-state index contributed by atoms with van der Waals surface area (Å²) in [5.74, 6) is -0.430. The van der Waals surface area contributed by atoms with E-state index >= 15 is 0 Å². The molecule has 0 aliphatic rings. The van der Waals surface area contributed by atoms with Crippen molar-refractivity contribution in [2.45, 2.75) is 26.3 Å². The second kappa shape index (κ2) is 4.91. The predicted molar refractivity (Wildman–Crippen MR) is 44.2 cm³/mol. The minimum atomic E-state index is -0.856. The number of carboxylic acid groups (broad SMARTS) is 1. The lowest BCUT2D eigenvalue weighted by Gasteiger charge is -2.01. The molecule has 11 heavy (non-hydrogen) atoms. The molecule has 0 spiro atoms. The monoisotopic (exact) mass is 157 g/mol. The fourth-order valence-electron chi connectivity index (χ4n) is 0.635. The summed E-state index contributed by atoms with van der Waals surface area (Å²) in [7, 11) is 0. The van der Waals surface area contributed by atoms with E-state index < -0.39 is 5.97 Å². The summed E-state index contributed by atoms with van der Waals surface area (Å²) < 4.78 is 0. The molecule has 1 unspecified atom stereocenters. The largest absolute Gasteiger partial charge is 0.481 e. The summed E-state index contributed by atoms with van der Waals surface area (Å²) in [6.07, 6.45) is 3.65. The first-order chi connectivity index (χ1) is 5.02. The fraction of sp³-hybridized carbons (Fsp3) is 0.625. The van der Waals surface area contributed by atoms with Crippen molar-refractivity contribution in [1.29, 1.82) is 0 Å². The van der Waals surface area contributed by atoms with E-state index in [9.17, 15) is 4.79 Å². The third-order valence-corrected chi connectivity index (χ3v) is 1.15. The van der Waals surface area contributed by atoms with Gasteiger partial charge >= 0.3 is 5.97 Å². The molecule has 0 fully saturated rings. The average molecular weight is 157 g/mol. The number of rotatable bonds is 4. The molecule has 3 heteroatoms. The van der Waals surface area contributed by atoms with Crippen molar-refractivity contribution in [2.75, 3.05) is 0 Å². The molecule has 0 aliphatic carbocycles. The molecule has 0 rings (SSSR count). The van der Waals surface area contributed by atoms with Crippen LogP contribution in [0, 0.1) is 5.92 Å². The molecule has 0 aromatic rings. The van der Waals surface area contributed by atoms with Gasteiger partial charge in [0.15, 0.2) is 0 Å². The van der Waals surface area contributed by atoms with Crippen molar-refractivity contribution in [1.82, 2.24) is 0 Å². The lowest BCUT2D eigenvalue weighted by Crippen LogP contribution is -2.20. The van der Waals surface area contributed by atoms with Crippen LogP contribution in [0.3, 0.4) is 0 Å². The number of hydrogen-bond acceptors (Lipinski definition) is 2.